The van der Waals surface area contributed by atoms with Crippen molar-refractivity contribution in [3.8, 4) is 0 Å². The SMILES string of the molecule is CN(C)c1cc(NC2COCC2n2nc(C3CC3)ccc2=O)ncn1. The Labute approximate surface area is 145 Å². The van der Waals surface area contributed by atoms with E-state index in [4.69, 9.17) is 4.74 Å². The lowest BCUT2D eigenvalue weighted by Crippen LogP contribution is -2.37. The topological polar surface area (TPSA) is 85.2 Å². The zero-order chi connectivity index (χ0) is 17.4. The molecular formula is C17H22N6O2. The second-order valence-corrected chi connectivity index (χ2v) is 6.83. The van der Waals surface area contributed by atoms with Crippen LogP contribution in [0.3, 0.4) is 0 Å². The van der Waals surface area contributed by atoms with Crippen LogP contribution in [-0.4, -0.2) is 53.1 Å². The van der Waals surface area contributed by atoms with Crippen LogP contribution in [0.4, 0.5) is 11.6 Å². The Morgan fingerprint density at radius 2 is 2.08 bits per heavy atom. The molecular weight excluding hydrogens is 320 g/mol. The number of nitrogens with zero attached hydrogens (tertiary/aromatic N) is 5. The third-order valence-corrected chi connectivity index (χ3v) is 4.65. The Morgan fingerprint density at radius 1 is 1.24 bits per heavy atom. The van der Waals surface area contributed by atoms with Gasteiger partial charge in [0.2, 0.25) is 0 Å². The van der Waals surface area contributed by atoms with Gasteiger partial charge in [-0.05, 0) is 18.9 Å². The quantitative estimate of drug-likeness (QED) is 0.868. The van der Waals surface area contributed by atoms with Gasteiger partial charge in [0.05, 0.1) is 24.9 Å². The number of ether oxygens (including phenoxy) is 1. The van der Waals surface area contributed by atoms with Crippen molar-refractivity contribution in [1.82, 2.24) is 19.7 Å². The van der Waals surface area contributed by atoms with Crippen LogP contribution in [0.5, 0.6) is 0 Å². The lowest BCUT2D eigenvalue weighted by molar-refractivity contribution is 0.182. The molecule has 132 valence electrons. The van der Waals surface area contributed by atoms with E-state index < -0.39 is 0 Å². The molecule has 2 aliphatic rings. The van der Waals surface area contributed by atoms with E-state index in [2.05, 4.69) is 20.4 Å². The molecule has 2 aromatic heterocycles. The molecule has 0 bridgehead atoms. The molecule has 1 saturated carbocycles. The van der Waals surface area contributed by atoms with Crippen LogP contribution in [0.1, 0.15) is 30.5 Å². The second-order valence-electron chi connectivity index (χ2n) is 6.83. The number of hydrogen-bond donors (Lipinski definition) is 1. The minimum absolute atomic E-state index is 0.0652. The highest BCUT2D eigenvalue weighted by Gasteiger charge is 2.33. The summed E-state index contributed by atoms with van der Waals surface area (Å²) in [6.45, 7) is 0.970. The summed E-state index contributed by atoms with van der Waals surface area (Å²) in [6, 6.07) is 5.13. The van der Waals surface area contributed by atoms with Gasteiger partial charge in [0.1, 0.15) is 24.0 Å². The molecule has 1 aliphatic carbocycles. The molecule has 4 rings (SSSR count). The average Bonchev–Trinajstić information content (AvgIpc) is 3.36. The fraction of sp³-hybridized carbons (Fsp3) is 0.529. The number of aromatic nitrogens is 4. The maximum absolute atomic E-state index is 12.3. The monoisotopic (exact) mass is 342 g/mol. The Balaban J connectivity index is 1.57. The maximum Gasteiger partial charge on any atom is 0.267 e. The van der Waals surface area contributed by atoms with Gasteiger partial charge >= 0.3 is 0 Å². The summed E-state index contributed by atoms with van der Waals surface area (Å²) in [5.74, 6) is 2.04. The van der Waals surface area contributed by atoms with Crippen LogP contribution < -0.4 is 15.8 Å². The summed E-state index contributed by atoms with van der Waals surface area (Å²) in [5, 5.41) is 7.97. The van der Waals surface area contributed by atoms with Gasteiger partial charge in [-0.2, -0.15) is 5.10 Å². The summed E-state index contributed by atoms with van der Waals surface area (Å²) in [4.78, 5) is 22.7. The summed E-state index contributed by atoms with van der Waals surface area (Å²) in [7, 11) is 3.86. The summed E-state index contributed by atoms with van der Waals surface area (Å²) in [5.41, 5.74) is 0.908. The molecule has 0 aromatic carbocycles. The van der Waals surface area contributed by atoms with Gasteiger partial charge in [-0.25, -0.2) is 14.6 Å². The largest absolute Gasteiger partial charge is 0.377 e. The van der Waals surface area contributed by atoms with Gasteiger partial charge in [-0.1, -0.05) is 0 Å². The molecule has 2 fully saturated rings. The minimum atomic E-state index is -0.149. The standard InChI is InChI=1S/C17H22N6O2/c1-22(2)16-7-15(18-10-19-16)20-13-8-25-9-14(13)23-17(24)6-5-12(21-23)11-3-4-11/h5-7,10-11,13-14H,3-4,8-9H2,1-2H3,(H,18,19,20). The highest BCUT2D eigenvalue weighted by molar-refractivity contribution is 5.48. The number of anilines is 2. The molecule has 8 nitrogen and oxygen atoms in total. The van der Waals surface area contributed by atoms with Crippen LogP contribution in [0.15, 0.2) is 29.3 Å². The van der Waals surface area contributed by atoms with Crippen molar-refractivity contribution in [1.29, 1.82) is 0 Å². The normalized spacial score (nSPS) is 22.8. The highest BCUT2D eigenvalue weighted by atomic mass is 16.5. The molecule has 1 aliphatic heterocycles. The van der Waals surface area contributed by atoms with Crippen molar-refractivity contribution in [3.63, 3.8) is 0 Å². The van der Waals surface area contributed by atoms with E-state index in [0.717, 1.165) is 24.4 Å². The van der Waals surface area contributed by atoms with Crippen molar-refractivity contribution in [2.75, 3.05) is 37.5 Å². The average molecular weight is 342 g/mol. The van der Waals surface area contributed by atoms with E-state index in [1.54, 1.807) is 10.7 Å². The highest BCUT2D eigenvalue weighted by Crippen LogP contribution is 2.38. The molecule has 1 N–H and O–H groups in total. The van der Waals surface area contributed by atoms with Crippen molar-refractivity contribution in [3.05, 3.63) is 40.6 Å². The van der Waals surface area contributed by atoms with Crippen LogP contribution in [0, 0.1) is 0 Å². The Hall–Kier alpha value is -2.48. The summed E-state index contributed by atoms with van der Waals surface area (Å²) >= 11 is 0. The van der Waals surface area contributed by atoms with Gasteiger partial charge in [0.25, 0.3) is 5.56 Å². The number of rotatable bonds is 5. The van der Waals surface area contributed by atoms with E-state index in [1.807, 2.05) is 31.1 Å². The fourth-order valence-electron chi connectivity index (χ4n) is 3.06. The first-order valence-electron chi connectivity index (χ1n) is 8.55. The minimum Gasteiger partial charge on any atom is -0.377 e. The Kier molecular flexibility index (Phi) is 4.12. The summed E-state index contributed by atoms with van der Waals surface area (Å²) < 4.78 is 7.20. The first-order valence-corrected chi connectivity index (χ1v) is 8.55. The van der Waals surface area contributed by atoms with Gasteiger partial charge in [0.15, 0.2) is 0 Å². The molecule has 0 radical (unpaired) electrons. The molecule has 0 amide bonds. The molecule has 2 aromatic rings. The van der Waals surface area contributed by atoms with Crippen molar-refractivity contribution in [2.45, 2.75) is 30.8 Å². The van der Waals surface area contributed by atoms with E-state index in [9.17, 15) is 4.79 Å². The molecule has 2 atom stereocenters. The fourth-order valence-corrected chi connectivity index (χ4v) is 3.06. The molecule has 1 saturated heterocycles. The second kappa shape index (κ2) is 6.44. The van der Waals surface area contributed by atoms with Crippen LogP contribution in [0.2, 0.25) is 0 Å². The Bertz CT molecular complexity index is 817. The van der Waals surface area contributed by atoms with E-state index in [0.29, 0.717) is 24.9 Å². The lowest BCUT2D eigenvalue weighted by atomic mass is 10.1. The molecule has 0 spiro atoms. The molecule has 3 heterocycles. The number of nitrogens with one attached hydrogen (secondary N) is 1. The molecule has 25 heavy (non-hydrogen) atoms. The Morgan fingerprint density at radius 3 is 2.84 bits per heavy atom. The van der Waals surface area contributed by atoms with Gasteiger partial charge in [-0.3, -0.25) is 4.79 Å². The van der Waals surface area contributed by atoms with Gasteiger partial charge < -0.3 is 15.0 Å². The van der Waals surface area contributed by atoms with Crippen molar-refractivity contribution < 1.29 is 4.74 Å². The smallest absolute Gasteiger partial charge is 0.267 e. The van der Waals surface area contributed by atoms with Crippen LogP contribution in [-0.2, 0) is 4.74 Å². The van der Waals surface area contributed by atoms with E-state index in [-0.39, 0.29) is 17.6 Å². The van der Waals surface area contributed by atoms with Crippen molar-refractivity contribution >= 4 is 11.6 Å². The molecule has 2 unspecified atom stereocenters. The zero-order valence-corrected chi connectivity index (χ0v) is 14.4. The zero-order valence-electron chi connectivity index (χ0n) is 14.4. The van der Waals surface area contributed by atoms with Crippen LogP contribution in [0.25, 0.3) is 0 Å². The van der Waals surface area contributed by atoms with Crippen molar-refractivity contribution in [2.24, 2.45) is 0 Å². The predicted octanol–water partition coefficient (Wildman–Crippen LogP) is 1.03. The lowest BCUT2D eigenvalue weighted by Gasteiger charge is -2.21. The summed E-state index contributed by atoms with van der Waals surface area (Å²) in [6.07, 6.45) is 3.84. The molecule has 8 heteroatoms. The van der Waals surface area contributed by atoms with E-state index in [1.165, 1.54) is 6.33 Å². The third-order valence-electron chi connectivity index (χ3n) is 4.65. The van der Waals surface area contributed by atoms with Gasteiger partial charge in [-0.15, -0.1) is 0 Å². The first kappa shape index (κ1) is 16.0. The maximum atomic E-state index is 12.3. The van der Waals surface area contributed by atoms with Crippen LogP contribution >= 0.6 is 0 Å². The predicted molar refractivity (Wildman–Crippen MR) is 94.1 cm³/mol. The van der Waals surface area contributed by atoms with Gasteiger partial charge in [0, 0.05) is 32.1 Å². The van der Waals surface area contributed by atoms with E-state index >= 15 is 0 Å². The number of hydrogen-bond acceptors (Lipinski definition) is 7. The third kappa shape index (κ3) is 3.34. The first-order chi connectivity index (χ1) is 12.1.